The second-order valence-corrected chi connectivity index (χ2v) is 6.30. The summed E-state index contributed by atoms with van der Waals surface area (Å²) < 4.78 is 5.21. The summed E-state index contributed by atoms with van der Waals surface area (Å²) in [6.45, 7) is 0.506. The zero-order chi connectivity index (χ0) is 17.8. The van der Waals surface area contributed by atoms with E-state index < -0.39 is 0 Å². The first-order chi connectivity index (χ1) is 12.1. The average molecular weight is 378 g/mol. The number of nitrogens with one attached hydrogen (secondary N) is 3. The molecule has 0 aliphatic heterocycles. The Balaban J connectivity index is 1.55. The van der Waals surface area contributed by atoms with E-state index in [-0.39, 0.29) is 6.03 Å². The fourth-order valence-corrected chi connectivity index (χ4v) is 2.86. The van der Waals surface area contributed by atoms with Crippen LogP contribution >= 0.6 is 23.2 Å². The van der Waals surface area contributed by atoms with Gasteiger partial charge in [0, 0.05) is 35.4 Å². The van der Waals surface area contributed by atoms with Gasteiger partial charge in [0.05, 0.1) is 17.2 Å². The Morgan fingerprint density at radius 2 is 2.00 bits per heavy atom. The Bertz CT molecular complexity index is 908. The molecule has 5 nitrogen and oxygen atoms in total. The van der Waals surface area contributed by atoms with E-state index in [1.165, 1.54) is 0 Å². The number of H-pyrrole nitrogens is 1. The summed E-state index contributed by atoms with van der Waals surface area (Å²) in [6, 6.07) is 10.5. The number of fused-ring (bicyclic) bond motifs is 1. The Morgan fingerprint density at radius 3 is 2.76 bits per heavy atom. The van der Waals surface area contributed by atoms with Gasteiger partial charge in [-0.25, -0.2) is 4.79 Å². The van der Waals surface area contributed by atoms with Gasteiger partial charge in [-0.15, -0.1) is 0 Å². The van der Waals surface area contributed by atoms with Gasteiger partial charge in [0.1, 0.15) is 5.75 Å². The molecule has 0 radical (unpaired) electrons. The third-order valence-electron chi connectivity index (χ3n) is 3.83. The lowest BCUT2D eigenvalue weighted by Crippen LogP contribution is -2.30. The average Bonchev–Trinajstić information content (AvgIpc) is 3.00. The highest BCUT2D eigenvalue weighted by molar-refractivity contribution is 6.42. The van der Waals surface area contributed by atoms with Gasteiger partial charge in [-0.2, -0.15) is 0 Å². The molecule has 0 aliphatic carbocycles. The van der Waals surface area contributed by atoms with Gasteiger partial charge in [-0.05, 0) is 42.3 Å². The number of urea groups is 1. The molecule has 0 bridgehead atoms. The van der Waals surface area contributed by atoms with Crippen LogP contribution in [0, 0.1) is 0 Å². The Kier molecular flexibility index (Phi) is 5.36. The van der Waals surface area contributed by atoms with Crippen LogP contribution in [-0.4, -0.2) is 24.7 Å². The van der Waals surface area contributed by atoms with Crippen LogP contribution < -0.4 is 15.4 Å². The van der Waals surface area contributed by atoms with Crippen molar-refractivity contribution in [2.45, 2.75) is 6.42 Å². The predicted octanol–water partition coefficient (Wildman–Crippen LogP) is 4.85. The van der Waals surface area contributed by atoms with Crippen molar-refractivity contribution in [2.75, 3.05) is 19.0 Å². The van der Waals surface area contributed by atoms with Crippen molar-refractivity contribution in [3.05, 3.63) is 58.2 Å². The summed E-state index contributed by atoms with van der Waals surface area (Å²) in [5.74, 6) is 0.806. The molecule has 1 heterocycles. The van der Waals surface area contributed by atoms with Crippen LogP contribution in [0.4, 0.5) is 10.5 Å². The van der Waals surface area contributed by atoms with Crippen LogP contribution in [0.3, 0.4) is 0 Å². The number of carbonyl (C=O) groups excluding carboxylic acids is 1. The van der Waals surface area contributed by atoms with Crippen molar-refractivity contribution >= 4 is 45.8 Å². The molecule has 3 rings (SSSR count). The smallest absolute Gasteiger partial charge is 0.319 e. The lowest BCUT2D eigenvalue weighted by atomic mass is 10.1. The molecule has 130 valence electrons. The first kappa shape index (κ1) is 17.5. The third kappa shape index (κ3) is 4.18. The van der Waals surface area contributed by atoms with Crippen molar-refractivity contribution in [1.29, 1.82) is 0 Å². The Hall–Kier alpha value is -2.37. The molecule has 3 N–H and O–H groups in total. The molecule has 0 spiro atoms. The number of amides is 2. The van der Waals surface area contributed by atoms with Crippen molar-refractivity contribution in [3.63, 3.8) is 0 Å². The summed E-state index contributed by atoms with van der Waals surface area (Å²) >= 11 is 11.8. The number of rotatable bonds is 5. The van der Waals surface area contributed by atoms with Crippen LogP contribution in [0.1, 0.15) is 5.56 Å². The second-order valence-electron chi connectivity index (χ2n) is 5.49. The second kappa shape index (κ2) is 7.68. The van der Waals surface area contributed by atoms with Crippen molar-refractivity contribution in [3.8, 4) is 5.75 Å². The van der Waals surface area contributed by atoms with Crippen LogP contribution in [-0.2, 0) is 6.42 Å². The maximum atomic E-state index is 12.0. The van der Waals surface area contributed by atoms with E-state index in [0.717, 1.165) is 22.2 Å². The fraction of sp³-hybridized carbons (Fsp3) is 0.167. The number of ether oxygens (including phenoxy) is 1. The van der Waals surface area contributed by atoms with Gasteiger partial charge >= 0.3 is 6.03 Å². The molecule has 0 atom stereocenters. The lowest BCUT2D eigenvalue weighted by molar-refractivity contribution is 0.252. The summed E-state index contributed by atoms with van der Waals surface area (Å²) in [5, 5.41) is 7.51. The topological polar surface area (TPSA) is 66.2 Å². The number of hydrogen-bond donors (Lipinski definition) is 3. The quantitative estimate of drug-likeness (QED) is 0.594. The first-order valence-electron chi connectivity index (χ1n) is 7.70. The zero-order valence-electron chi connectivity index (χ0n) is 13.5. The molecule has 2 aromatic carbocycles. The standard InChI is InChI=1S/C18H17Cl2N3O2/c1-25-13-3-4-14-11(10-22-17(14)9-13)6-7-21-18(24)23-12-2-5-15(19)16(20)8-12/h2-5,8-10,22H,6-7H2,1H3,(H2,21,23,24). The molecular weight excluding hydrogens is 361 g/mol. The largest absolute Gasteiger partial charge is 0.497 e. The maximum Gasteiger partial charge on any atom is 0.319 e. The van der Waals surface area contributed by atoms with Crippen molar-refractivity contribution < 1.29 is 9.53 Å². The molecule has 25 heavy (non-hydrogen) atoms. The predicted molar refractivity (Wildman–Crippen MR) is 102 cm³/mol. The van der Waals surface area contributed by atoms with Crippen LogP contribution in [0.5, 0.6) is 5.75 Å². The molecule has 0 saturated carbocycles. The molecule has 0 saturated heterocycles. The number of carbonyl (C=O) groups is 1. The molecule has 0 fully saturated rings. The highest BCUT2D eigenvalue weighted by atomic mass is 35.5. The molecule has 0 aliphatic rings. The monoisotopic (exact) mass is 377 g/mol. The van der Waals surface area contributed by atoms with E-state index in [1.807, 2.05) is 24.4 Å². The summed E-state index contributed by atoms with van der Waals surface area (Å²) in [7, 11) is 1.64. The Morgan fingerprint density at radius 1 is 1.16 bits per heavy atom. The van der Waals surface area contributed by atoms with Gasteiger partial charge in [-0.1, -0.05) is 23.2 Å². The number of methoxy groups -OCH3 is 1. The van der Waals surface area contributed by atoms with Crippen molar-refractivity contribution in [2.24, 2.45) is 0 Å². The summed E-state index contributed by atoms with van der Waals surface area (Å²) in [4.78, 5) is 15.2. The maximum absolute atomic E-state index is 12.0. The van der Waals surface area contributed by atoms with E-state index in [1.54, 1.807) is 25.3 Å². The van der Waals surface area contributed by atoms with E-state index in [2.05, 4.69) is 15.6 Å². The first-order valence-corrected chi connectivity index (χ1v) is 8.46. The molecule has 0 unspecified atom stereocenters. The van der Waals surface area contributed by atoms with E-state index in [9.17, 15) is 4.79 Å². The van der Waals surface area contributed by atoms with E-state index in [4.69, 9.17) is 27.9 Å². The number of aromatic amines is 1. The zero-order valence-corrected chi connectivity index (χ0v) is 15.0. The number of halogens is 2. The van der Waals surface area contributed by atoms with Gasteiger partial charge in [0.25, 0.3) is 0 Å². The third-order valence-corrected chi connectivity index (χ3v) is 4.57. The van der Waals surface area contributed by atoms with E-state index in [0.29, 0.717) is 28.7 Å². The fourth-order valence-electron chi connectivity index (χ4n) is 2.56. The SMILES string of the molecule is COc1ccc2c(CCNC(=O)Nc3ccc(Cl)c(Cl)c3)c[nH]c2c1. The molecule has 1 aromatic heterocycles. The minimum atomic E-state index is -0.292. The summed E-state index contributed by atoms with van der Waals surface area (Å²) in [5.41, 5.74) is 2.73. The van der Waals surface area contributed by atoms with Gasteiger partial charge in [0.2, 0.25) is 0 Å². The van der Waals surface area contributed by atoms with Gasteiger partial charge < -0.3 is 20.4 Å². The number of aromatic nitrogens is 1. The molecule has 2 amide bonds. The highest BCUT2D eigenvalue weighted by Crippen LogP contribution is 2.25. The van der Waals surface area contributed by atoms with Crippen LogP contribution in [0.15, 0.2) is 42.6 Å². The minimum Gasteiger partial charge on any atom is -0.497 e. The molecular formula is C18H17Cl2N3O2. The molecule has 7 heteroatoms. The number of hydrogen-bond acceptors (Lipinski definition) is 2. The summed E-state index contributed by atoms with van der Waals surface area (Å²) in [6.07, 6.45) is 2.66. The number of benzene rings is 2. The number of anilines is 1. The van der Waals surface area contributed by atoms with Crippen molar-refractivity contribution in [1.82, 2.24) is 10.3 Å². The lowest BCUT2D eigenvalue weighted by Gasteiger charge is -2.08. The highest BCUT2D eigenvalue weighted by Gasteiger charge is 2.07. The Labute approximate surface area is 155 Å². The van der Waals surface area contributed by atoms with Gasteiger partial charge in [-0.3, -0.25) is 0 Å². The normalized spacial score (nSPS) is 10.7. The van der Waals surface area contributed by atoms with E-state index >= 15 is 0 Å². The van der Waals surface area contributed by atoms with Crippen LogP contribution in [0.25, 0.3) is 10.9 Å². The van der Waals surface area contributed by atoms with Gasteiger partial charge in [0.15, 0.2) is 0 Å². The minimum absolute atomic E-state index is 0.292. The van der Waals surface area contributed by atoms with Crippen LogP contribution in [0.2, 0.25) is 10.0 Å². The molecule has 3 aromatic rings.